The van der Waals surface area contributed by atoms with E-state index in [4.69, 9.17) is 0 Å². The van der Waals surface area contributed by atoms with Gasteiger partial charge in [-0.3, -0.25) is 14.4 Å². The van der Waals surface area contributed by atoms with Gasteiger partial charge in [-0.05, 0) is 48.9 Å². The first-order valence-electron chi connectivity index (χ1n) is 8.96. The average molecular weight is 385 g/mol. The molecule has 1 aromatic heterocycles. The van der Waals surface area contributed by atoms with Crippen molar-refractivity contribution in [2.24, 2.45) is 5.92 Å². The lowest BCUT2D eigenvalue weighted by Gasteiger charge is -2.32. The second-order valence-corrected chi connectivity index (χ2v) is 7.66. The van der Waals surface area contributed by atoms with E-state index in [1.807, 2.05) is 30.5 Å². The number of benzene rings is 1. The number of piperidine rings is 1. The van der Waals surface area contributed by atoms with Crippen LogP contribution >= 0.6 is 11.3 Å². The summed E-state index contributed by atoms with van der Waals surface area (Å²) in [4.78, 5) is 39.1. The molecule has 3 amide bonds. The van der Waals surface area contributed by atoms with Gasteiger partial charge < -0.3 is 15.5 Å². The van der Waals surface area contributed by atoms with Crippen molar-refractivity contribution in [3.05, 3.63) is 46.2 Å². The lowest BCUT2D eigenvalue weighted by Crippen LogP contribution is -2.43. The first-order valence-corrected chi connectivity index (χ1v) is 9.84. The van der Waals surface area contributed by atoms with E-state index < -0.39 is 0 Å². The second-order valence-electron chi connectivity index (χ2n) is 6.72. The summed E-state index contributed by atoms with van der Waals surface area (Å²) in [6.45, 7) is 4.41. The van der Waals surface area contributed by atoms with Crippen LogP contribution in [0.3, 0.4) is 0 Å². The standard InChI is InChI=1S/C20H23N3O3S/c1-13-16(21-14(2)24)7-3-8-17(13)22-19(25)15-6-4-10-23(12-15)20(26)18-9-5-11-27-18/h3,5,7-9,11,15H,4,6,10,12H2,1-2H3,(H,21,24)(H,22,25). The lowest BCUT2D eigenvalue weighted by molar-refractivity contribution is -0.121. The van der Waals surface area contributed by atoms with Gasteiger partial charge in [0.15, 0.2) is 0 Å². The summed E-state index contributed by atoms with van der Waals surface area (Å²) in [5.41, 5.74) is 2.16. The molecule has 0 spiro atoms. The Labute approximate surface area is 162 Å². The van der Waals surface area contributed by atoms with Crippen molar-refractivity contribution in [2.45, 2.75) is 26.7 Å². The molecule has 1 aliphatic rings. The summed E-state index contributed by atoms with van der Waals surface area (Å²) >= 11 is 1.42. The topological polar surface area (TPSA) is 78.5 Å². The quantitative estimate of drug-likeness (QED) is 0.845. The first kappa shape index (κ1) is 19.1. The van der Waals surface area contributed by atoms with Gasteiger partial charge in [0.05, 0.1) is 10.8 Å². The molecule has 27 heavy (non-hydrogen) atoms. The van der Waals surface area contributed by atoms with Gasteiger partial charge in [-0.1, -0.05) is 12.1 Å². The Hall–Kier alpha value is -2.67. The number of anilines is 2. The van der Waals surface area contributed by atoms with Gasteiger partial charge in [-0.25, -0.2) is 0 Å². The zero-order valence-electron chi connectivity index (χ0n) is 15.5. The Balaban J connectivity index is 1.67. The highest BCUT2D eigenvalue weighted by Gasteiger charge is 2.29. The van der Waals surface area contributed by atoms with E-state index >= 15 is 0 Å². The largest absolute Gasteiger partial charge is 0.337 e. The van der Waals surface area contributed by atoms with Crippen LogP contribution in [0.4, 0.5) is 11.4 Å². The predicted octanol–water partition coefficient (Wildman–Crippen LogP) is 3.51. The van der Waals surface area contributed by atoms with Crippen LogP contribution in [0.5, 0.6) is 0 Å². The number of thiophene rings is 1. The number of nitrogens with one attached hydrogen (secondary N) is 2. The van der Waals surface area contributed by atoms with Crippen molar-refractivity contribution < 1.29 is 14.4 Å². The van der Waals surface area contributed by atoms with Gasteiger partial charge in [-0.15, -0.1) is 11.3 Å². The molecule has 2 heterocycles. The molecule has 3 rings (SSSR count). The fraction of sp³-hybridized carbons (Fsp3) is 0.350. The number of carbonyl (C=O) groups excluding carboxylic acids is 3. The van der Waals surface area contributed by atoms with E-state index in [9.17, 15) is 14.4 Å². The molecular weight excluding hydrogens is 362 g/mol. The summed E-state index contributed by atoms with van der Waals surface area (Å²) in [6.07, 6.45) is 1.56. The molecule has 0 aliphatic carbocycles. The smallest absolute Gasteiger partial charge is 0.263 e. The lowest BCUT2D eigenvalue weighted by atomic mass is 9.96. The maximum Gasteiger partial charge on any atom is 0.263 e. The molecule has 6 nitrogen and oxygen atoms in total. The van der Waals surface area contributed by atoms with Gasteiger partial charge in [0.2, 0.25) is 11.8 Å². The van der Waals surface area contributed by atoms with Crippen molar-refractivity contribution >= 4 is 40.4 Å². The van der Waals surface area contributed by atoms with Gasteiger partial charge in [-0.2, -0.15) is 0 Å². The van der Waals surface area contributed by atoms with Crippen molar-refractivity contribution in [1.82, 2.24) is 4.90 Å². The highest BCUT2D eigenvalue weighted by Crippen LogP contribution is 2.26. The van der Waals surface area contributed by atoms with Crippen LogP contribution in [0.15, 0.2) is 35.7 Å². The van der Waals surface area contributed by atoms with E-state index in [1.54, 1.807) is 17.0 Å². The minimum atomic E-state index is -0.244. The average Bonchev–Trinajstić information content (AvgIpc) is 3.19. The second kappa shape index (κ2) is 8.35. The Morgan fingerprint density at radius 2 is 1.85 bits per heavy atom. The fourth-order valence-electron chi connectivity index (χ4n) is 3.26. The van der Waals surface area contributed by atoms with Gasteiger partial charge in [0.25, 0.3) is 5.91 Å². The Bertz CT molecular complexity index is 848. The molecule has 1 aromatic carbocycles. The monoisotopic (exact) mass is 385 g/mol. The Morgan fingerprint density at radius 3 is 2.52 bits per heavy atom. The summed E-state index contributed by atoms with van der Waals surface area (Å²) in [6, 6.07) is 9.08. The highest BCUT2D eigenvalue weighted by molar-refractivity contribution is 7.12. The first-order chi connectivity index (χ1) is 13.0. The van der Waals surface area contributed by atoms with E-state index in [1.165, 1.54) is 18.3 Å². The zero-order chi connectivity index (χ0) is 19.4. The van der Waals surface area contributed by atoms with Gasteiger partial charge in [0.1, 0.15) is 0 Å². The molecule has 0 bridgehead atoms. The van der Waals surface area contributed by atoms with E-state index in [2.05, 4.69) is 10.6 Å². The molecular formula is C20H23N3O3S. The molecule has 1 aliphatic heterocycles. The number of hydrogen-bond acceptors (Lipinski definition) is 4. The minimum Gasteiger partial charge on any atom is -0.337 e. The van der Waals surface area contributed by atoms with Crippen LogP contribution in [-0.2, 0) is 9.59 Å². The Morgan fingerprint density at radius 1 is 1.11 bits per heavy atom. The number of likely N-dealkylation sites (tertiary alicyclic amines) is 1. The van der Waals surface area contributed by atoms with Crippen LogP contribution in [0, 0.1) is 12.8 Å². The molecule has 7 heteroatoms. The zero-order valence-corrected chi connectivity index (χ0v) is 16.3. The van der Waals surface area contributed by atoms with Crippen molar-refractivity contribution in [3.63, 3.8) is 0 Å². The SMILES string of the molecule is CC(=O)Nc1cccc(NC(=O)C2CCCN(C(=O)c3cccs3)C2)c1C. The molecule has 1 fully saturated rings. The third-order valence-corrected chi connectivity index (χ3v) is 5.57. The molecule has 1 atom stereocenters. The van der Waals surface area contributed by atoms with Crippen LogP contribution in [-0.4, -0.2) is 35.7 Å². The van der Waals surface area contributed by atoms with E-state index in [0.717, 1.165) is 18.4 Å². The molecule has 1 saturated heterocycles. The summed E-state index contributed by atoms with van der Waals surface area (Å²) < 4.78 is 0. The third-order valence-electron chi connectivity index (χ3n) is 4.71. The van der Waals surface area contributed by atoms with Crippen LogP contribution < -0.4 is 10.6 Å². The minimum absolute atomic E-state index is 0.00802. The van der Waals surface area contributed by atoms with Crippen LogP contribution in [0.2, 0.25) is 0 Å². The molecule has 0 radical (unpaired) electrons. The number of hydrogen-bond donors (Lipinski definition) is 2. The molecule has 142 valence electrons. The van der Waals surface area contributed by atoms with Crippen molar-refractivity contribution in [1.29, 1.82) is 0 Å². The molecule has 0 saturated carbocycles. The summed E-state index contributed by atoms with van der Waals surface area (Å²) in [5, 5.41) is 7.61. The normalized spacial score (nSPS) is 16.7. The molecule has 1 unspecified atom stereocenters. The van der Waals surface area contributed by atoms with Gasteiger partial charge in [0, 0.05) is 31.4 Å². The predicted molar refractivity (Wildman–Crippen MR) is 107 cm³/mol. The third kappa shape index (κ3) is 4.54. The van der Waals surface area contributed by atoms with Crippen molar-refractivity contribution in [2.75, 3.05) is 23.7 Å². The fourth-order valence-corrected chi connectivity index (χ4v) is 3.95. The maximum absolute atomic E-state index is 12.8. The Kier molecular flexibility index (Phi) is 5.91. The van der Waals surface area contributed by atoms with Crippen molar-refractivity contribution in [3.8, 4) is 0 Å². The number of carbonyl (C=O) groups is 3. The highest BCUT2D eigenvalue weighted by atomic mass is 32.1. The maximum atomic E-state index is 12.8. The summed E-state index contributed by atoms with van der Waals surface area (Å²) in [5.74, 6) is -0.504. The molecule has 2 N–H and O–H groups in total. The number of amides is 3. The van der Waals surface area contributed by atoms with E-state index in [0.29, 0.717) is 29.3 Å². The molecule has 2 aromatic rings. The van der Waals surface area contributed by atoms with Gasteiger partial charge >= 0.3 is 0 Å². The van der Waals surface area contributed by atoms with Crippen LogP contribution in [0.25, 0.3) is 0 Å². The van der Waals surface area contributed by atoms with E-state index in [-0.39, 0.29) is 23.6 Å². The van der Waals surface area contributed by atoms with Crippen LogP contribution in [0.1, 0.15) is 35.0 Å². The number of nitrogens with zero attached hydrogens (tertiary/aromatic N) is 1. The summed E-state index contributed by atoms with van der Waals surface area (Å²) in [7, 11) is 0. The number of rotatable bonds is 4.